The van der Waals surface area contributed by atoms with E-state index >= 15 is 0 Å². The predicted octanol–water partition coefficient (Wildman–Crippen LogP) is 4.12. The molecule has 2 aromatic heterocycles. The highest BCUT2D eigenvalue weighted by Crippen LogP contribution is 2.49. The Kier molecular flexibility index (Phi) is 5.86. The van der Waals surface area contributed by atoms with Crippen LogP contribution in [0.5, 0.6) is 5.88 Å². The Morgan fingerprint density at radius 3 is 2.72 bits per heavy atom. The summed E-state index contributed by atoms with van der Waals surface area (Å²) >= 11 is 5.97. The quantitative estimate of drug-likeness (QED) is 0.523. The Bertz CT molecular complexity index is 688. The Morgan fingerprint density at radius 2 is 2.04 bits per heavy atom. The van der Waals surface area contributed by atoms with E-state index in [2.05, 4.69) is 34.0 Å². The standard InChI is InChI=1S/C19H24ClN3O2/c1-4-5-8-24-19-14(18(19)15-7-6-12(2)10-21-15)11-25-17-9-16(20)22-13(3)23-17/h6-7,9-10,14,18-19H,4-5,8,11H2,1-3H3. The molecule has 1 saturated carbocycles. The topological polar surface area (TPSA) is 57.1 Å². The zero-order chi connectivity index (χ0) is 17.8. The fourth-order valence-corrected chi connectivity index (χ4v) is 3.17. The zero-order valence-electron chi connectivity index (χ0n) is 14.9. The van der Waals surface area contributed by atoms with Crippen LogP contribution in [0.3, 0.4) is 0 Å². The van der Waals surface area contributed by atoms with E-state index in [0.717, 1.165) is 30.7 Å². The molecule has 0 aromatic carbocycles. The summed E-state index contributed by atoms with van der Waals surface area (Å²) in [5, 5.41) is 0.394. The number of unbranched alkanes of at least 4 members (excludes halogenated alkanes) is 1. The van der Waals surface area contributed by atoms with Crippen molar-refractivity contribution in [3.63, 3.8) is 0 Å². The van der Waals surface area contributed by atoms with Gasteiger partial charge >= 0.3 is 0 Å². The fraction of sp³-hybridized carbons (Fsp3) is 0.526. The molecule has 0 amide bonds. The third-order valence-corrected chi connectivity index (χ3v) is 4.58. The maximum absolute atomic E-state index is 6.06. The summed E-state index contributed by atoms with van der Waals surface area (Å²) in [4.78, 5) is 12.9. The second-order valence-electron chi connectivity index (χ2n) is 6.53. The molecule has 2 heterocycles. The van der Waals surface area contributed by atoms with E-state index < -0.39 is 0 Å². The van der Waals surface area contributed by atoms with Crippen molar-refractivity contribution in [3.05, 3.63) is 46.6 Å². The predicted molar refractivity (Wildman–Crippen MR) is 97.1 cm³/mol. The van der Waals surface area contributed by atoms with Crippen LogP contribution in [0, 0.1) is 19.8 Å². The average Bonchev–Trinajstić information content (AvgIpc) is 3.26. The maximum atomic E-state index is 6.06. The summed E-state index contributed by atoms with van der Waals surface area (Å²) < 4.78 is 11.9. The van der Waals surface area contributed by atoms with E-state index in [1.54, 1.807) is 13.0 Å². The van der Waals surface area contributed by atoms with E-state index in [-0.39, 0.29) is 17.9 Å². The van der Waals surface area contributed by atoms with Crippen LogP contribution in [0.4, 0.5) is 0 Å². The van der Waals surface area contributed by atoms with Gasteiger partial charge < -0.3 is 9.47 Å². The lowest BCUT2D eigenvalue weighted by Gasteiger charge is -2.06. The molecule has 1 fully saturated rings. The number of rotatable bonds is 8. The molecule has 0 N–H and O–H groups in total. The second-order valence-corrected chi connectivity index (χ2v) is 6.91. The molecule has 0 saturated heterocycles. The van der Waals surface area contributed by atoms with Crippen molar-refractivity contribution in [3.8, 4) is 5.88 Å². The molecule has 3 unspecified atom stereocenters. The first kappa shape index (κ1) is 18.1. The van der Waals surface area contributed by atoms with E-state index in [9.17, 15) is 0 Å². The van der Waals surface area contributed by atoms with Crippen molar-refractivity contribution in [2.45, 2.75) is 45.6 Å². The SMILES string of the molecule is CCCCOC1C(COc2cc(Cl)nc(C)n2)C1c1ccc(C)cn1. The third kappa shape index (κ3) is 4.67. The highest BCUT2D eigenvalue weighted by atomic mass is 35.5. The van der Waals surface area contributed by atoms with Gasteiger partial charge in [-0.3, -0.25) is 4.98 Å². The molecule has 25 heavy (non-hydrogen) atoms. The summed E-state index contributed by atoms with van der Waals surface area (Å²) in [6.07, 6.45) is 4.25. The number of aromatic nitrogens is 3. The Hall–Kier alpha value is -1.72. The van der Waals surface area contributed by atoms with Gasteiger partial charge in [-0.25, -0.2) is 4.98 Å². The molecular weight excluding hydrogens is 338 g/mol. The number of ether oxygens (including phenoxy) is 2. The lowest BCUT2D eigenvalue weighted by atomic mass is 10.2. The molecule has 134 valence electrons. The minimum atomic E-state index is 0.153. The van der Waals surface area contributed by atoms with Crippen molar-refractivity contribution in [1.29, 1.82) is 0 Å². The highest BCUT2D eigenvalue weighted by molar-refractivity contribution is 6.29. The van der Waals surface area contributed by atoms with Crippen LogP contribution in [0.1, 0.15) is 42.8 Å². The first-order valence-corrected chi connectivity index (χ1v) is 9.14. The Labute approximate surface area is 153 Å². The van der Waals surface area contributed by atoms with Crippen LogP contribution in [-0.4, -0.2) is 34.3 Å². The summed E-state index contributed by atoms with van der Waals surface area (Å²) in [5.74, 6) is 1.66. The van der Waals surface area contributed by atoms with Crippen LogP contribution < -0.4 is 4.74 Å². The molecule has 0 radical (unpaired) electrons. The number of nitrogens with zero attached hydrogens (tertiary/aromatic N) is 3. The van der Waals surface area contributed by atoms with Gasteiger partial charge in [-0.05, 0) is 31.9 Å². The number of hydrogen-bond acceptors (Lipinski definition) is 5. The monoisotopic (exact) mass is 361 g/mol. The lowest BCUT2D eigenvalue weighted by Crippen LogP contribution is -2.07. The van der Waals surface area contributed by atoms with Crippen molar-refractivity contribution in [1.82, 2.24) is 15.0 Å². The van der Waals surface area contributed by atoms with Crippen LogP contribution in [-0.2, 0) is 4.74 Å². The van der Waals surface area contributed by atoms with Gasteiger partial charge in [-0.1, -0.05) is 31.0 Å². The van der Waals surface area contributed by atoms with Crippen LogP contribution in [0.15, 0.2) is 24.4 Å². The van der Waals surface area contributed by atoms with Crippen molar-refractivity contribution >= 4 is 11.6 Å². The molecule has 6 heteroatoms. The number of aryl methyl sites for hydroxylation is 2. The van der Waals surface area contributed by atoms with Crippen LogP contribution in [0.25, 0.3) is 0 Å². The van der Waals surface area contributed by atoms with Gasteiger partial charge in [0.05, 0.1) is 12.7 Å². The van der Waals surface area contributed by atoms with Crippen LogP contribution >= 0.6 is 11.6 Å². The molecule has 0 spiro atoms. The molecule has 1 aliphatic rings. The van der Waals surface area contributed by atoms with Crippen molar-refractivity contribution in [2.75, 3.05) is 13.2 Å². The molecule has 0 aliphatic heterocycles. The zero-order valence-corrected chi connectivity index (χ0v) is 15.7. The number of hydrogen-bond donors (Lipinski definition) is 0. The molecule has 0 bridgehead atoms. The number of halogens is 1. The Balaban J connectivity index is 1.65. The first-order chi connectivity index (χ1) is 12.1. The van der Waals surface area contributed by atoms with Gasteiger partial charge in [0.25, 0.3) is 0 Å². The van der Waals surface area contributed by atoms with E-state index in [1.807, 2.05) is 13.1 Å². The van der Waals surface area contributed by atoms with Crippen molar-refractivity contribution in [2.24, 2.45) is 5.92 Å². The van der Waals surface area contributed by atoms with Gasteiger partial charge in [0, 0.05) is 36.4 Å². The highest BCUT2D eigenvalue weighted by Gasteiger charge is 2.53. The molecule has 5 nitrogen and oxygen atoms in total. The van der Waals surface area contributed by atoms with Gasteiger partial charge in [0.15, 0.2) is 0 Å². The Morgan fingerprint density at radius 1 is 1.20 bits per heavy atom. The molecule has 3 rings (SSSR count). The molecule has 2 aromatic rings. The molecule has 3 atom stereocenters. The first-order valence-electron chi connectivity index (χ1n) is 8.76. The maximum Gasteiger partial charge on any atom is 0.218 e. The minimum absolute atomic E-state index is 0.153. The van der Waals surface area contributed by atoms with Gasteiger partial charge in [-0.15, -0.1) is 0 Å². The number of pyridine rings is 1. The normalized spacial score (nSPS) is 22.0. The largest absolute Gasteiger partial charge is 0.477 e. The second kappa shape index (κ2) is 8.11. The average molecular weight is 362 g/mol. The van der Waals surface area contributed by atoms with Gasteiger partial charge in [-0.2, -0.15) is 4.98 Å². The summed E-state index contributed by atoms with van der Waals surface area (Å²) in [7, 11) is 0. The summed E-state index contributed by atoms with van der Waals surface area (Å²) in [6, 6.07) is 5.82. The van der Waals surface area contributed by atoms with Crippen LogP contribution in [0.2, 0.25) is 5.15 Å². The van der Waals surface area contributed by atoms with E-state index in [1.165, 1.54) is 0 Å². The smallest absolute Gasteiger partial charge is 0.218 e. The lowest BCUT2D eigenvalue weighted by molar-refractivity contribution is 0.0959. The fourth-order valence-electron chi connectivity index (χ4n) is 2.96. The summed E-state index contributed by atoms with van der Waals surface area (Å²) in [6.45, 7) is 7.31. The van der Waals surface area contributed by atoms with E-state index in [4.69, 9.17) is 21.1 Å². The summed E-state index contributed by atoms with van der Waals surface area (Å²) in [5.41, 5.74) is 2.23. The van der Waals surface area contributed by atoms with E-state index in [0.29, 0.717) is 23.5 Å². The third-order valence-electron chi connectivity index (χ3n) is 4.39. The minimum Gasteiger partial charge on any atom is -0.477 e. The van der Waals surface area contributed by atoms with Gasteiger partial charge in [0.1, 0.15) is 11.0 Å². The van der Waals surface area contributed by atoms with Crippen molar-refractivity contribution < 1.29 is 9.47 Å². The molecule has 1 aliphatic carbocycles. The van der Waals surface area contributed by atoms with Gasteiger partial charge in [0.2, 0.25) is 5.88 Å². The molecular formula is C19H24ClN3O2.